The van der Waals surface area contributed by atoms with Gasteiger partial charge < -0.3 is 5.11 Å². The Morgan fingerprint density at radius 3 is 2.25 bits per heavy atom. The molecule has 0 radical (unpaired) electrons. The minimum Gasteiger partial charge on any atom is -0.506 e. The van der Waals surface area contributed by atoms with E-state index in [0.29, 0.717) is 15.6 Å². The van der Waals surface area contributed by atoms with Crippen LogP contribution in [0, 0.1) is 6.92 Å². The Balaban J connectivity index is 3.68. The van der Waals surface area contributed by atoms with E-state index in [4.69, 9.17) is 4.55 Å². The molecule has 2 N–H and O–H groups in total. The molecule has 0 spiro atoms. The Kier molecular flexibility index (Phi) is 3.66. The molecule has 0 aromatic heterocycles. The largest absolute Gasteiger partial charge is 0.506 e. The summed E-state index contributed by atoms with van der Waals surface area (Å²) in [6, 6.07) is 1.30. The zero-order valence-corrected chi connectivity index (χ0v) is 11.6. The molecule has 1 rings (SSSR count). The van der Waals surface area contributed by atoms with Crippen LogP contribution in [0.2, 0.25) is 0 Å². The fourth-order valence-electron chi connectivity index (χ4n) is 1.44. The van der Waals surface area contributed by atoms with Gasteiger partial charge in [-0.25, -0.2) is 0 Å². The first-order valence-electron chi connectivity index (χ1n) is 4.65. The molecule has 0 atom stereocenters. The normalized spacial score (nSPS) is 12.1. The lowest BCUT2D eigenvalue weighted by Gasteiger charge is -2.14. The van der Waals surface area contributed by atoms with Crippen LogP contribution >= 0.6 is 15.9 Å². The van der Waals surface area contributed by atoms with Gasteiger partial charge in [-0.3, -0.25) is 4.55 Å². The third kappa shape index (κ3) is 2.39. The van der Waals surface area contributed by atoms with Gasteiger partial charge in [-0.05, 0) is 46.0 Å². The monoisotopic (exact) mass is 308 g/mol. The van der Waals surface area contributed by atoms with E-state index in [-0.39, 0.29) is 16.6 Å². The maximum Gasteiger partial charge on any atom is 0.294 e. The smallest absolute Gasteiger partial charge is 0.294 e. The van der Waals surface area contributed by atoms with E-state index < -0.39 is 10.1 Å². The molecule has 0 heterocycles. The molecule has 0 amide bonds. The van der Waals surface area contributed by atoms with Crippen LogP contribution in [0.4, 0.5) is 0 Å². The highest BCUT2D eigenvalue weighted by atomic mass is 79.9. The Morgan fingerprint density at radius 2 is 1.88 bits per heavy atom. The average Bonchev–Trinajstić information content (AvgIpc) is 2.11. The summed E-state index contributed by atoms with van der Waals surface area (Å²) in [5, 5.41) is 9.82. The second kappa shape index (κ2) is 4.35. The summed E-state index contributed by atoms with van der Waals surface area (Å²) < 4.78 is 31.6. The standard InChI is InChI=1S/C10H13BrO4S/c1-5(2)7-4-8(16(13,14)15)6(3)9(11)10(7)12/h4-5,12H,1-3H3,(H,13,14,15). The van der Waals surface area contributed by atoms with Crippen LogP contribution in [-0.2, 0) is 10.1 Å². The van der Waals surface area contributed by atoms with E-state index in [1.165, 1.54) is 13.0 Å². The second-order valence-electron chi connectivity index (χ2n) is 3.88. The first kappa shape index (κ1) is 13.5. The summed E-state index contributed by atoms with van der Waals surface area (Å²) in [7, 11) is -4.27. The summed E-state index contributed by atoms with van der Waals surface area (Å²) in [5.74, 6) is -0.0303. The number of rotatable bonds is 2. The topological polar surface area (TPSA) is 74.6 Å². The van der Waals surface area contributed by atoms with Gasteiger partial charge in [0.2, 0.25) is 0 Å². The molecule has 16 heavy (non-hydrogen) atoms. The summed E-state index contributed by atoms with van der Waals surface area (Å²) in [6.07, 6.45) is 0. The molecule has 0 bridgehead atoms. The molecule has 0 fully saturated rings. The molecule has 0 saturated heterocycles. The van der Waals surface area contributed by atoms with Crippen molar-refractivity contribution in [2.45, 2.75) is 31.6 Å². The molecule has 0 aliphatic heterocycles. The van der Waals surface area contributed by atoms with Crippen molar-refractivity contribution in [3.05, 3.63) is 21.7 Å². The van der Waals surface area contributed by atoms with Crippen molar-refractivity contribution >= 4 is 26.0 Å². The van der Waals surface area contributed by atoms with Crippen LogP contribution in [-0.4, -0.2) is 18.1 Å². The minimum atomic E-state index is -4.27. The molecule has 0 aliphatic rings. The first-order valence-corrected chi connectivity index (χ1v) is 6.89. The van der Waals surface area contributed by atoms with Crippen LogP contribution < -0.4 is 0 Å². The van der Waals surface area contributed by atoms with Gasteiger partial charge >= 0.3 is 0 Å². The van der Waals surface area contributed by atoms with Crippen molar-refractivity contribution in [1.29, 1.82) is 0 Å². The molecule has 90 valence electrons. The summed E-state index contributed by atoms with van der Waals surface area (Å²) in [4.78, 5) is -0.180. The number of hydrogen-bond donors (Lipinski definition) is 2. The zero-order valence-electron chi connectivity index (χ0n) is 9.15. The van der Waals surface area contributed by atoms with Gasteiger partial charge in [-0.15, -0.1) is 0 Å². The fraction of sp³-hybridized carbons (Fsp3) is 0.400. The van der Waals surface area contributed by atoms with Crippen LogP contribution in [0.25, 0.3) is 0 Å². The first-order chi connectivity index (χ1) is 7.16. The van der Waals surface area contributed by atoms with Crippen molar-refractivity contribution in [2.75, 3.05) is 0 Å². The number of benzene rings is 1. The summed E-state index contributed by atoms with van der Waals surface area (Å²) in [6.45, 7) is 5.16. The van der Waals surface area contributed by atoms with E-state index in [2.05, 4.69) is 15.9 Å². The maximum atomic E-state index is 11.1. The summed E-state index contributed by atoms with van der Waals surface area (Å²) in [5.41, 5.74) is 0.773. The molecule has 0 unspecified atom stereocenters. The van der Waals surface area contributed by atoms with Crippen LogP contribution in [0.5, 0.6) is 5.75 Å². The van der Waals surface area contributed by atoms with Gasteiger partial charge in [0.15, 0.2) is 0 Å². The number of halogens is 1. The van der Waals surface area contributed by atoms with Gasteiger partial charge in [0.05, 0.1) is 9.37 Å². The SMILES string of the molecule is Cc1c(S(=O)(=O)O)cc(C(C)C)c(O)c1Br. The highest BCUT2D eigenvalue weighted by Crippen LogP contribution is 2.38. The molecular formula is C10H13BrO4S. The Morgan fingerprint density at radius 1 is 1.38 bits per heavy atom. The maximum absolute atomic E-state index is 11.1. The highest BCUT2D eigenvalue weighted by molar-refractivity contribution is 9.10. The predicted molar refractivity (Wildman–Crippen MR) is 64.4 cm³/mol. The van der Waals surface area contributed by atoms with Crippen LogP contribution in [0.1, 0.15) is 30.9 Å². The predicted octanol–water partition coefficient (Wildman–Crippen LogP) is 2.83. The van der Waals surface area contributed by atoms with Crippen molar-refractivity contribution in [3.8, 4) is 5.75 Å². The lowest BCUT2D eigenvalue weighted by Crippen LogP contribution is -2.04. The highest BCUT2D eigenvalue weighted by Gasteiger charge is 2.21. The van der Waals surface area contributed by atoms with Gasteiger partial charge in [0.25, 0.3) is 10.1 Å². The molecule has 0 saturated carbocycles. The quantitative estimate of drug-likeness (QED) is 0.824. The van der Waals surface area contributed by atoms with Crippen LogP contribution in [0.3, 0.4) is 0 Å². The van der Waals surface area contributed by atoms with E-state index in [9.17, 15) is 13.5 Å². The van der Waals surface area contributed by atoms with E-state index in [1.807, 2.05) is 13.8 Å². The third-order valence-electron chi connectivity index (χ3n) is 2.37. The molecule has 0 aliphatic carbocycles. The van der Waals surface area contributed by atoms with Gasteiger partial charge in [-0.2, -0.15) is 8.42 Å². The van der Waals surface area contributed by atoms with Gasteiger partial charge in [0, 0.05) is 0 Å². The lowest BCUT2D eigenvalue weighted by molar-refractivity contribution is 0.458. The number of aromatic hydroxyl groups is 1. The molecular weight excluding hydrogens is 296 g/mol. The van der Waals surface area contributed by atoms with E-state index >= 15 is 0 Å². The molecule has 1 aromatic carbocycles. The fourth-order valence-corrected chi connectivity index (χ4v) is 2.78. The van der Waals surface area contributed by atoms with Crippen molar-refractivity contribution in [2.24, 2.45) is 0 Å². The Hall–Kier alpha value is -0.590. The Labute approximate surface area is 103 Å². The molecule has 1 aromatic rings. The van der Waals surface area contributed by atoms with Crippen LogP contribution in [0.15, 0.2) is 15.4 Å². The lowest BCUT2D eigenvalue weighted by atomic mass is 10.0. The zero-order chi connectivity index (χ0) is 12.7. The molecule has 6 heteroatoms. The minimum absolute atomic E-state index is 0.0138. The van der Waals surface area contributed by atoms with E-state index in [0.717, 1.165) is 0 Å². The summed E-state index contributed by atoms with van der Waals surface area (Å²) >= 11 is 3.12. The number of hydrogen-bond acceptors (Lipinski definition) is 3. The van der Waals surface area contributed by atoms with Gasteiger partial charge in [0.1, 0.15) is 5.75 Å². The number of phenols is 1. The van der Waals surface area contributed by atoms with E-state index in [1.54, 1.807) is 0 Å². The number of phenolic OH excluding ortho intramolecular Hbond substituents is 1. The van der Waals surface area contributed by atoms with Crippen molar-refractivity contribution in [1.82, 2.24) is 0 Å². The third-order valence-corrected chi connectivity index (χ3v) is 4.32. The van der Waals surface area contributed by atoms with Crippen molar-refractivity contribution in [3.63, 3.8) is 0 Å². The molecule has 4 nitrogen and oxygen atoms in total. The van der Waals surface area contributed by atoms with Gasteiger partial charge in [-0.1, -0.05) is 13.8 Å². The van der Waals surface area contributed by atoms with Crippen molar-refractivity contribution < 1.29 is 18.1 Å². The average molecular weight is 309 g/mol. The second-order valence-corrected chi connectivity index (χ2v) is 6.06. The Bertz CT molecular complexity index is 520.